The van der Waals surface area contributed by atoms with Crippen LogP contribution in [-0.4, -0.2) is 46.5 Å². The van der Waals surface area contributed by atoms with Crippen LogP contribution in [0.5, 0.6) is 0 Å². The molecule has 0 spiro atoms. The summed E-state index contributed by atoms with van der Waals surface area (Å²) in [6, 6.07) is 0.161. The monoisotopic (exact) mass is 204 g/mol. The van der Waals surface area contributed by atoms with Gasteiger partial charge in [0.2, 0.25) is 0 Å². The van der Waals surface area contributed by atoms with Crippen LogP contribution in [0.1, 0.15) is 0 Å². The molecule has 4 nitrogen and oxygen atoms in total. The smallest absolute Gasteiger partial charge is 0.177 e. The lowest BCUT2D eigenvalue weighted by atomic mass is 10.2. The van der Waals surface area contributed by atoms with Crippen molar-refractivity contribution < 1.29 is 18.1 Å². The fourth-order valence-corrected chi connectivity index (χ4v) is 3.22. The van der Waals surface area contributed by atoms with E-state index in [4.69, 9.17) is 4.74 Å². The zero-order chi connectivity index (χ0) is 9.31. The van der Waals surface area contributed by atoms with Crippen LogP contribution in [0.25, 0.3) is 0 Å². The molecule has 2 aliphatic rings. The van der Waals surface area contributed by atoms with E-state index in [0.717, 1.165) is 26.3 Å². The second-order valence-corrected chi connectivity index (χ2v) is 5.47. The average molecular weight is 204 g/mol. The van der Waals surface area contributed by atoms with E-state index >= 15 is 0 Å². The molecule has 0 aromatic rings. The van der Waals surface area contributed by atoms with Gasteiger partial charge in [0.1, 0.15) is 24.9 Å². The van der Waals surface area contributed by atoms with E-state index in [9.17, 15) is 8.42 Å². The first-order chi connectivity index (χ1) is 6.17. The summed E-state index contributed by atoms with van der Waals surface area (Å²) < 4.78 is 27.5. The van der Waals surface area contributed by atoms with Crippen LogP contribution in [0.4, 0.5) is 0 Å². The molecule has 1 saturated heterocycles. The molecule has 1 atom stereocenters. The van der Waals surface area contributed by atoms with E-state index in [1.807, 2.05) is 6.08 Å². The van der Waals surface area contributed by atoms with E-state index in [0.29, 0.717) is 0 Å². The van der Waals surface area contributed by atoms with Crippen LogP contribution in [0.15, 0.2) is 11.5 Å². The Morgan fingerprint density at radius 1 is 1.31 bits per heavy atom. The molecule has 0 aromatic heterocycles. The fraction of sp³-hybridized carbons (Fsp3) is 0.750. The molecule has 74 valence electrons. The van der Waals surface area contributed by atoms with Crippen LogP contribution >= 0.6 is 0 Å². The Kier molecular flexibility index (Phi) is 2.40. The van der Waals surface area contributed by atoms with Crippen molar-refractivity contribution >= 4 is 9.84 Å². The minimum atomic E-state index is -2.89. The molecule has 0 radical (unpaired) electrons. The van der Waals surface area contributed by atoms with Gasteiger partial charge in [0.15, 0.2) is 9.84 Å². The Labute approximate surface area is 78.1 Å². The zero-order valence-electron chi connectivity index (χ0n) is 7.40. The Hall–Kier alpha value is -0.390. The van der Waals surface area contributed by atoms with Gasteiger partial charge in [0, 0.05) is 5.41 Å². The summed E-state index contributed by atoms with van der Waals surface area (Å²) in [7, 11) is -2.89. The number of morpholine rings is 1. The van der Waals surface area contributed by atoms with Crippen molar-refractivity contribution in [1.29, 1.82) is 0 Å². The number of rotatable bonds is 1. The molecule has 0 aromatic carbocycles. The first kappa shape index (κ1) is 9.18. The normalized spacial score (nSPS) is 33.7. The number of sulfone groups is 1. The predicted molar refractivity (Wildman–Crippen MR) is 48.2 cm³/mol. The first-order valence-corrected chi connectivity index (χ1v) is 6.22. The van der Waals surface area contributed by atoms with Crippen molar-refractivity contribution in [1.82, 2.24) is 0 Å². The summed E-state index contributed by atoms with van der Waals surface area (Å²) in [6.07, 6.45) is 1.82. The van der Waals surface area contributed by atoms with Gasteiger partial charge < -0.3 is 9.64 Å². The topological polar surface area (TPSA) is 47.8 Å². The van der Waals surface area contributed by atoms with Gasteiger partial charge in [-0.05, 0) is 6.08 Å². The summed E-state index contributed by atoms with van der Waals surface area (Å²) in [4.78, 5) is 1.34. The second-order valence-electron chi connectivity index (χ2n) is 3.54. The maximum absolute atomic E-state index is 11.2. The van der Waals surface area contributed by atoms with Crippen molar-refractivity contribution in [2.75, 3.05) is 32.1 Å². The summed E-state index contributed by atoms with van der Waals surface area (Å²) in [5, 5.41) is 1.35. The highest BCUT2D eigenvalue weighted by Crippen LogP contribution is 2.05. The third-order valence-electron chi connectivity index (χ3n) is 2.59. The lowest BCUT2D eigenvalue weighted by Crippen LogP contribution is -3.17. The molecular formula is C8H14NO3S+. The highest BCUT2D eigenvalue weighted by Gasteiger charge is 2.31. The molecule has 0 amide bonds. The average Bonchev–Trinajstić information content (AvgIpc) is 2.48. The Bertz CT molecular complexity index is 303. The van der Waals surface area contributed by atoms with Crippen molar-refractivity contribution in [3.63, 3.8) is 0 Å². The van der Waals surface area contributed by atoms with Crippen LogP contribution in [0.2, 0.25) is 0 Å². The van der Waals surface area contributed by atoms with Gasteiger partial charge in [0.25, 0.3) is 0 Å². The van der Waals surface area contributed by atoms with Gasteiger partial charge in [-0.1, -0.05) is 0 Å². The molecule has 2 heterocycles. The maximum Gasteiger partial charge on any atom is 0.177 e. The van der Waals surface area contributed by atoms with E-state index in [1.54, 1.807) is 0 Å². The lowest BCUT2D eigenvalue weighted by Gasteiger charge is -2.27. The Morgan fingerprint density at radius 2 is 2.00 bits per heavy atom. The molecule has 5 heteroatoms. The largest absolute Gasteiger partial charge is 0.370 e. The van der Waals surface area contributed by atoms with Gasteiger partial charge in [-0.2, -0.15) is 0 Å². The van der Waals surface area contributed by atoms with Crippen molar-refractivity contribution in [2.45, 2.75) is 6.04 Å². The van der Waals surface area contributed by atoms with Crippen LogP contribution < -0.4 is 4.90 Å². The van der Waals surface area contributed by atoms with Gasteiger partial charge in [-0.3, -0.25) is 0 Å². The van der Waals surface area contributed by atoms with Gasteiger partial charge in [-0.15, -0.1) is 0 Å². The maximum atomic E-state index is 11.2. The number of quaternary nitrogens is 1. The van der Waals surface area contributed by atoms with E-state index < -0.39 is 9.84 Å². The summed E-state index contributed by atoms with van der Waals surface area (Å²) in [5.74, 6) is 0.280. The molecule has 1 N–H and O–H groups in total. The molecule has 2 aliphatic heterocycles. The number of hydrogen-bond donors (Lipinski definition) is 1. The zero-order valence-corrected chi connectivity index (χ0v) is 8.22. The molecule has 1 fully saturated rings. The van der Waals surface area contributed by atoms with Gasteiger partial charge in [0.05, 0.1) is 13.2 Å². The number of hydrogen-bond acceptors (Lipinski definition) is 3. The highest BCUT2D eigenvalue weighted by atomic mass is 32.2. The first-order valence-electron chi connectivity index (χ1n) is 4.51. The molecule has 2 rings (SSSR count). The van der Waals surface area contributed by atoms with Crippen LogP contribution in [-0.2, 0) is 14.6 Å². The lowest BCUT2D eigenvalue weighted by molar-refractivity contribution is -0.923. The Balaban J connectivity index is 1.99. The van der Waals surface area contributed by atoms with Gasteiger partial charge in [-0.25, -0.2) is 8.42 Å². The highest BCUT2D eigenvalue weighted by molar-refractivity contribution is 7.94. The van der Waals surface area contributed by atoms with Crippen LogP contribution in [0, 0.1) is 0 Å². The number of nitrogens with one attached hydrogen (secondary N) is 1. The summed E-state index contributed by atoms with van der Waals surface area (Å²) >= 11 is 0. The second kappa shape index (κ2) is 3.40. The summed E-state index contributed by atoms with van der Waals surface area (Å²) in [5.41, 5.74) is 0. The van der Waals surface area contributed by atoms with Crippen LogP contribution in [0.3, 0.4) is 0 Å². The third-order valence-corrected chi connectivity index (χ3v) is 3.99. The molecule has 0 aliphatic carbocycles. The van der Waals surface area contributed by atoms with E-state index in [-0.39, 0.29) is 11.8 Å². The van der Waals surface area contributed by atoms with Crippen molar-refractivity contribution in [2.24, 2.45) is 0 Å². The van der Waals surface area contributed by atoms with E-state index in [2.05, 4.69) is 0 Å². The standard InChI is InChI=1S/C8H13NO3S/c10-13(11)6-1-8(7-13)9-2-4-12-5-3-9/h1,6,8H,2-5,7H2/p+1/t8-/m1/s1. The van der Waals surface area contributed by atoms with E-state index in [1.165, 1.54) is 10.3 Å². The number of ether oxygens (including phenoxy) is 1. The Morgan fingerprint density at radius 3 is 2.54 bits per heavy atom. The molecule has 0 unspecified atom stereocenters. The minimum absolute atomic E-state index is 0.161. The molecule has 0 saturated carbocycles. The fourth-order valence-electron chi connectivity index (χ4n) is 1.83. The third kappa shape index (κ3) is 2.10. The predicted octanol–water partition coefficient (Wildman–Crippen LogP) is -1.79. The quantitative estimate of drug-likeness (QED) is 0.549. The van der Waals surface area contributed by atoms with Crippen molar-refractivity contribution in [3.05, 3.63) is 11.5 Å². The summed E-state index contributed by atoms with van der Waals surface area (Å²) in [6.45, 7) is 3.34. The SMILES string of the molecule is O=S1(=O)C=C[C@@H]([NH+]2CCOCC2)C1. The molecule has 13 heavy (non-hydrogen) atoms. The minimum Gasteiger partial charge on any atom is -0.370 e. The molecular weight excluding hydrogens is 190 g/mol. The van der Waals surface area contributed by atoms with Crippen molar-refractivity contribution in [3.8, 4) is 0 Å². The molecule has 0 bridgehead atoms. The van der Waals surface area contributed by atoms with Gasteiger partial charge >= 0.3 is 0 Å².